The van der Waals surface area contributed by atoms with Crippen LogP contribution in [0.4, 0.5) is 23.0 Å². The van der Waals surface area contributed by atoms with E-state index in [1.807, 2.05) is 55.5 Å². The van der Waals surface area contributed by atoms with Gasteiger partial charge >= 0.3 is 0 Å². The van der Waals surface area contributed by atoms with E-state index in [2.05, 4.69) is 20.6 Å². The molecular weight excluding hydrogens is 344 g/mol. The molecular formula is C20H22N4O3. The van der Waals surface area contributed by atoms with Gasteiger partial charge in [-0.15, -0.1) is 0 Å². The number of methoxy groups -OCH3 is 3. The number of anilines is 4. The summed E-state index contributed by atoms with van der Waals surface area (Å²) in [6, 6.07) is 15.0. The van der Waals surface area contributed by atoms with Crippen LogP contribution in [0.25, 0.3) is 0 Å². The lowest BCUT2D eigenvalue weighted by atomic mass is 10.2. The van der Waals surface area contributed by atoms with Gasteiger partial charge < -0.3 is 24.8 Å². The van der Waals surface area contributed by atoms with Gasteiger partial charge in [0, 0.05) is 12.1 Å². The molecule has 0 amide bonds. The minimum atomic E-state index is 0.624. The second-order valence-electron chi connectivity index (χ2n) is 5.70. The van der Waals surface area contributed by atoms with E-state index < -0.39 is 0 Å². The number of para-hydroxylation sites is 2. The number of aryl methyl sites for hydroxylation is 1. The van der Waals surface area contributed by atoms with Crippen molar-refractivity contribution in [1.82, 2.24) is 9.97 Å². The van der Waals surface area contributed by atoms with Crippen molar-refractivity contribution in [3.8, 4) is 17.2 Å². The predicted octanol–water partition coefficient (Wildman–Crippen LogP) is 4.30. The Labute approximate surface area is 158 Å². The van der Waals surface area contributed by atoms with Gasteiger partial charge in [0.1, 0.15) is 34.7 Å². The van der Waals surface area contributed by atoms with Crippen molar-refractivity contribution in [3.63, 3.8) is 0 Å². The van der Waals surface area contributed by atoms with E-state index in [-0.39, 0.29) is 0 Å². The van der Waals surface area contributed by atoms with Gasteiger partial charge in [-0.1, -0.05) is 12.1 Å². The maximum Gasteiger partial charge on any atom is 0.142 e. The molecule has 0 saturated heterocycles. The van der Waals surface area contributed by atoms with E-state index in [1.54, 1.807) is 21.3 Å². The smallest absolute Gasteiger partial charge is 0.142 e. The van der Waals surface area contributed by atoms with Crippen LogP contribution >= 0.6 is 0 Å². The molecule has 7 nitrogen and oxygen atoms in total. The summed E-state index contributed by atoms with van der Waals surface area (Å²) in [6.45, 7) is 1.83. The molecule has 1 aromatic heterocycles. The standard InChI is InChI=1S/C20H22N4O3/c1-13-21-19(23-15-7-5-6-8-17(15)26-3)12-20(22-13)24-16-11-14(25-2)9-10-18(16)27-4/h5-12H,1-4H3,(H2,21,22,23,24). The summed E-state index contributed by atoms with van der Waals surface area (Å²) in [6.07, 6.45) is 0. The number of ether oxygens (including phenoxy) is 3. The first kappa shape index (κ1) is 18.3. The molecule has 0 aliphatic heterocycles. The zero-order chi connectivity index (χ0) is 19.2. The van der Waals surface area contributed by atoms with Gasteiger partial charge in [-0.2, -0.15) is 0 Å². The fourth-order valence-corrected chi connectivity index (χ4v) is 2.63. The minimum Gasteiger partial charge on any atom is -0.497 e. The predicted molar refractivity (Wildman–Crippen MR) is 106 cm³/mol. The molecule has 0 radical (unpaired) electrons. The van der Waals surface area contributed by atoms with Crippen molar-refractivity contribution in [2.45, 2.75) is 6.92 Å². The number of rotatable bonds is 7. The fourth-order valence-electron chi connectivity index (χ4n) is 2.63. The van der Waals surface area contributed by atoms with Crippen molar-refractivity contribution in [1.29, 1.82) is 0 Å². The third kappa shape index (κ3) is 4.38. The van der Waals surface area contributed by atoms with Crippen LogP contribution in [0, 0.1) is 6.92 Å². The number of nitrogens with zero attached hydrogens (tertiary/aromatic N) is 2. The SMILES string of the molecule is COc1ccc(OC)c(Nc2cc(Nc3ccccc3OC)nc(C)n2)c1. The molecule has 0 fully saturated rings. The molecule has 3 aromatic rings. The Morgan fingerprint density at radius 2 is 1.33 bits per heavy atom. The Hall–Kier alpha value is -3.48. The van der Waals surface area contributed by atoms with Crippen LogP contribution in [0.2, 0.25) is 0 Å². The Morgan fingerprint density at radius 3 is 2.00 bits per heavy atom. The summed E-state index contributed by atoms with van der Waals surface area (Å²) in [5.41, 5.74) is 1.57. The first-order valence-electron chi connectivity index (χ1n) is 8.37. The Kier molecular flexibility index (Phi) is 5.61. The first-order valence-corrected chi connectivity index (χ1v) is 8.37. The van der Waals surface area contributed by atoms with Gasteiger partial charge in [-0.3, -0.25) is 0 Å². The normalized spacial score (nSPS) is 10.2. The zero-order valence-corrected chi connectivity index (χ0v) is 15.7. The fraction of sp³-hybridized carbons (Fsp3) is 0.200. The lowest BCUT2D eigenvalue weighted by Gasteiger charge is -2.14. The highest BCUT2D eigenvalue weighted by molar-refractivity contribution is 5.70. The van der Waals surface area contributed by atoms with Crippen LogP contribution in [0.3, 0.4) is 0 Å². The highest BCUT2D eigenvalue weighted by Gasteiger charge is 2.09. The number of aromatic nitrogens is 2. The van der Waals surface area contributed by atoms with E-state index >= 15 is 0 Å². The number of nitrogens with one attached hydrogen (secondary N) is 2. The van der Waals surface area contributed by atoms with Gasteiger partial charge in [0.15, 0.2) is 0 Å². The van der Waals surface area contributed by atoms with Crippen LogP contribution < -0.4 is 24.8 Å². The first-order chi connectivity index (χ1) is 13.1. The quantitative estimate of drug-likeness (QED) is 0.645. The molecule has 0 aliphatic carbocycles. The molecule has 140 valence electrons. The molecule has 2 aromatic carbocycles. The van der Waals surface area contributed by atoms with Crippen LogP contribution in [-0.4, -0.2) is 31.3 Å². The number of benzene rings is 2. The highest BCUT2D eigenvalue weighted by Crippen LogP contribution is 2.32. The molecule has 0 spiro atoms. The molecule has 27 heavy (non-hydrogen) atoms. The molecule has 2 N–H and O–H groups in total. The zero-order valence-electron chi connectivity index (χ0n) is 15.7. The lowest BCUT2D eigenvalue weighted by molar-refractivity contribution is 0.405. The summed E-state index contributed by atoms with van der Waals surface area (Å²) in [5.74, 6) is 4.04. The van der Waals surface area contributed by atoms with Gasteiger partial charge in [0.25, 0.3) is 0 Å². The summed E-state index contributed by atoms with van der Waals surface area (Å²) in [5, 5.41) is 6.54. The van der Waals surface area contributed by atoms with E-state index in [4.69, 9.17) is 14.2 Å². The molecule has 1 heterocycles. The Morgan fingerprint density at radius 1 is 0.704 bits per heavy atom. The Bertz CT molecular complexity index is 931. The van der Waals surface area contributed by atoms with Crippen LogP contribution in [0.1, 0.15) is 5.82 Å². The maximum atomic E-state index is 5.41. The summed E-state index contributed by atoms with van der Waals surface area (Å²) in [7, 11) is 4.87. The van der Waals surface area contributed by atoms with Crippen molar-refractivity contribution in [2.24, 2.45) is 0 Å². The van der Waals surface area contributed by atoms with E-state index in [1.165, 1.54) is 0 Å². The molecule has 0 bridgehead atoms. The van der Waals surface area contributed by atoms with Crippen LogP contribution in [0.5, 0.6) is 17.2 Å². The van der Waals surface area contributed by atoms with Crippen molar-refractivity contribution in [2.75, 3.05) is 32.0 Å². The van der Waals surface area contributed by atoms with Crippen LogP contribution in [-0.2, 0) is 0 Å². The number of hydrogen-bond donors (Lipinski definition) is 2. The molecule has 7 heteroatoms. The van der Waals surface area contributed by atoms with Gasteiger partial charge in [0.05, 0.1) is 32.7 Å². The van der Waals surface area contributed by atoms with Gasteiger partial charge in [0.2, 0.25) is 0 Å². The average molecular weight is 366 g/mol. The molecule has 0 saturated carbocycles. The van der Waals surface area contributed by atoms with Crippen molar-refractivity contribution >= 4 is 23.0 Å². The van der Waals surface area contributed by atoms with Crippen LogP contribution in [0.15, 0.2) is 48.5 Å². The summed E-state index contributed by atoms with van der Waals surface area (Å²) >= 11 is 0. The maximum absolute atomic E-state index is 5.41. The molecule has 0 atom stereocenters. The third-order valence-electron chi connectivity index (χ3n) is 3.88. The van der Waals surface area contributed by atoms with Crippen molar-refractivity contribution < 1.29 is 14.2 Å². The summed E-state index contributed by atoms with van der Waals surface area (Å²) < 4.78 is 16.1. The minimum absolute atomic E-state index is 0.624. The third-order valence-corrected chi connectivity index (χ3v) is 3.88. The van der Waals surface area contributed by atoms with E-state index in [0.29, 0.717) is 23.2 Å². The second-order valence-corrected chi connectivity index (χ2v) is 5.70. The Balaban J connectivity index is 1.90. The largest absolute Gasteiger partial charge is 0.497 e. The second kappa shape index (κ2) is 8.27. The lowest BCUT2D eigenvalue weighted by Crippen LogP contribution is -2.03. The van der Waals surface area contributed by atoms with E-state index in [0.717, 1.165) is 22.9 Å². The highest BCUT2D eigenvalue weighted by atomic mass is 16.5. The van der Waals surface area contributed by atoms with Gasteiger partial charge in [-0.05, 0) is 31.2 Å². The molecule has 0 aliphatic rings. The van der Waals surface area contributed by atoms with Gasteiger partial charge in [-0.25, -0.2) is 9.97 Å². The molecule has 0 unspecified atom stereocenters. The number of hydrogen-bond acceptors (Lipinski definition) is 7. The van der Waals surface area contributed by atoms with E-state index in [9.17, 15) is 0 Å². The summed E-state index contributed by atoms with van der Waals surface area (Å²) in [4.78, 5) is 8.90. The topological polar surface area (TPSA) is 77.5 Å². The van der Waals surface area contributed by atoms with Crippen molar-refractivity contribution in [3.05, 3.63) is 54.4 Å². The monoisotopic (exact) mass is 366 g/mol. The average Bonchev–Trinajstić information content (AvgIpc) is 2.68. The molecule has 3 rings (SSSR count).